The van der Waals surface area contributed by atoms with Gasteiger partial charge in [0.2, 0.25) is 0 Å². The first-order valence-corrected chi connectivity index (χ1v) is 6.48. The molecule has 1 rings (SSSR count). The average Bonchev–Trinajstić information content (AvgIpc) is 2.40. The van der Waals surface area contributed by atoms with Crippen LogP contribution in [-0.2, 0) is 0 Å². The predicted octanol–water partition coefficient (Wildman–Crippen LogP) is 1.18. The van der Waals surface area contributed by atoms with Crippen LogP contribution in [0.3, 0.4) is 0 Å². The number of aliphatic hydroxyl groups excluding tert-OH is 1. The minimum atomic E-state index is -0.0422. The zero-order valence-corrected chi connectivity index (χ0v) is 11.9. The highest BCUT2D eigenvalue weighted by Gasteiger charge is 2.13. The van der Waals surface area contributed by atoms with Crippen molar-refractivity contribution < 1.29 is 9.90 Å². The molecule has 5 heteroatoms. The molecule has 0 saturated carbocycles. The van der Waals surface area contributed by atoms with E-state index in [1.165, 1.54) is 0 Å². The highest BCUT2D eigenvalue weighted by molar-refractivity contribution is 5.96. The average molecular weight is 265 g/mol. The van der Waals surface area contributed by atoms with E-state index in [1.54, 1.807) is 31.1 Å². The number of amides is 1. The first-order valence-electron chi connectivity index (χ1n) is 6.48. The van der Waals surface area contributed by atoms with Crippen LogP contribution in [0, 0.1) is 0 Å². The van der Waals surface area contributed by atoms with Crippen molar-refractivity contribution in [1.82, 2.24) is 4.90 Å². The van der Waals surface area contributed by atoms with Gasteiger partial charge < -0.3 is 20.6 Å². The molecule has 5 nitrogen and oxygen atoms in total. The SMILES string of the molecule is CCN(CCCO)c1cc(C(=O)N(C)C)ccc1N. The number of aliphatic hydroxyl groups is 1. The molecule has 19 heavy (non-hydrogen) atoms. The van der Waals surface area contributed by atoms with Crippen molar-refractivity contribution in [3.8, 4) is 0 Å². The van der Waals surface area contributed by atoms with Gasteiger partial charge in [-0.3, -0.25) is 4.79 Å². The second-order valence-electron chi connectivity index (χ2n) is 4.63. The summed E-state index contributed by atoms with van der Waals surface area (Å²) in [6.07, 6.45) is 0.680. The Balaban J connectivity index is 3.04. The van der Waals surface area contributed by atoms with E-state index >= 15 is 0 Å². The van der Waals surface area contributed by atoms with Crippen molar-refractivity contribution in [3.05, 3.63) is 23.8 Å². The molecule has 0 fully saturated rings. The molecule has 0 aromatic heterocycles. The van der Waals surface area contributed by atoms with E-state index in [0.717, 1.165) is 18.8 Å². The Morgan fingerprint density at radius 2 is 2.05 bits per heavy atom. The Kier molecular flexibility index (Phi) is 5.63. The monoisotopic (exact) mass is 265 g/mol. The number of nitrogen functional groups attached to an aromatic ring is 1. The summed E-state index contributed by atoms with van der Waals surface area (Å²) in [5.41, 5.74) is 8.11. The third kappa shape index (κ3) is 3.86. The molecule has 1 aromatic carbocycles. The van der Waals surface area contributed by atoms with Crippen LogP contribution < -0.4 is 10.6 Å². The van der Waals surface area contributed by atoms with Crippen LogP contribution in [0.4, 0.5) is 11.4 Å². The molecular formula is C14H23N3O2. The topological polar surface area (TPSA) is 69.8 Å². The molecule has 1 aromatic rings. The maximum absolute atomic E-state index is 12.0. The third-order valence-electron chi connectivity index (χ3n) is 2.99. The fourth-order valence-electron chi connectivity index (χ4n) is 1.92. The maximum atomic E-state index is 12.0. The second-order valence-corrected chi connectivity index (χ2v) is 4.63. The zero-order chi connectivity index (χ0) is 14.4. The van der Waals surface area contributed by atoms with Crippen LogP contribution in [0.2, 0.25) is 0 Å². The van der Waals surface area contributed by atoms with Crippen molar-refractivity contribution in [3.63, 3.8) is 0 Å². The van der Waals surface area contributed by atoms with Crippen LogP contribution in [-0.4, -0.2) is 49.7 Å². The van der Waals surface area contributed by atoms with Gasteiger partial charge in [-0.1, -0.05) is 0 Å². The Labute approximate surface area is 114 Å². The molecule has 1 amide bonds. The van der Waals surface area contributed by atoms with E-state index in [4.69, 9.17) is 10.8 Å². The summed E-state index contributed by atoms with van der Waals surface area (Å²) in [6, 6.07) is 5.31. The first-order chi connectivity index (χ1) is 9.01. The van der Waals surface area contributed by atoms with E-state index in [9.17, 15) is 4.79 Å². The summed E-state index contributed by atoms with van der Waals surface area (Å²) in [5, 5.41) is 8.92. The molecule has 0 spiro atoms. The predicted molar refractivity (Wildman–Crippen MR) is 78.5 cm³/mol. The highest BCUT2D eigenvalue weighted by atomic mass is 16.3. The highest BCUT2D eigenvalue weighted by Crippen LogP contribution is 2.25. The zero-order valence-electron chi connectivity index (χ0n) is 11.9. The molecule has 0 aliphatic heterocycles. The van der Waals surface area contributed by atoms with Crippen molar-refractivity contribution in [2.45, 2.75) is 13.3 Å². The third-order valence-corrected chi connectivity index (χ3v) is 2.99. The lowest BCUT2D eigenvalue weighted by Crippen LogP contribution is -2.27. The number of benzene rings is 1. The van der Waals surface area contributed by atoms with Crippen molar-refractivity contribution in [1.29, 1.82) is 0 Å². The molecule has 3 N–H and O–H groups in total. The van der Waals surface area contributed by atoms with E-state index in [-0.39, 0.29) is 12.5 Å². The number of nitrogens with two attached hydrogens (primary N) is 1. The maximum Gasteiger partial charge on any atom is 0.253 e. The molecule has 0 radical (unpaired) electrons. The molecule has 0 unspecified atom stereocenters. The molecule has 0 saturated heterocycles. The smallest absolute Gasteiger partial charge is 0.253 e. The van der Waals surface area contributed by atoms with Crippen molar-refractivity contribution >= 4 is 17.3 Å². The number of carbonyl (C=O) groups is 1. The number of rotatable bonds is 6. The number of carbonyl (C=O) groups excluding carboxylic acids is 1. The van der Waals surface area contributed by atoms with Gasteiger partial charge in [0.15, 0.2) is 0 Å². The minimum Gasteiger partial charge on any atom is -0.397 e. The molecule has 0 aliphatic carbocycles. The van der Waals surface area contributed by atoms with Gasteiger partial charge in [-0.15, -0.1) is 0 Å². The summed E-state index contributed by atoms with van der Waals surface area (Å²) in [6.45, 7) is 3.67. The van der Waals surface area contributed by atoms with Gasteiger partial charge in [0.25, 0.3) is 5.91 Å². The number of anilines is 2. The number of hydrogen-bond donors (Lipinski definition) is 2. The first kappa shape index (κ1) is 15.3. The standard InChI is InChI=1S/C14H23N3O2/c1-4-17(8-5-9-18)13-10-11(6-7-12(13)15)14(19)16(2)3/h6-7,10,18H,4-5,8-9,15H2,1-3H3. The van der Waals surface area contributed by atoms with Gasteiger partial charge in [0.05, 0.1) is 11.4 Å². The lowest BCUT2D eigenvalue weighted by Gasteiger charge is -2.25. The van der Waals surface area contributed by atoms with Crippen LogP contribution in [0.5, 0.6) is 0 Å². The molecule has 0 aliphatic rings. The minimum absolute atomic E-state index is 0.0422. The fraction of sp³-hybridized carbons (Fsp3) is 0.500. The normalized spacial score (nSPS) is 10.3. The Bertz CT molecular complexity index is 433. The van der Waals surface area contributed by atoms with Gasteiger partial charge in [-0.2, -0.15) is 0 Å². The van der Waals surface area contributed by atoms with Crippen LogP contribution >= 0.6 is 0 Å². The van der Waals surface area contributed by atoms with Crippen molar-refractivity contribution in [2.24, 2.45) is 0 Å². The molecular weight excluding hydrogens is 242 g/mol. The number of hydrogen-bond acceptors (Lipinski definition) is 4. The Morgan fingerprint density at radius 1 is 1.37 bits per heavy atom. The summed E-state index contributed by atoms with van der Waals surface area (Å²) < 4.78 is 0. The van der Waals surface area contributed by atoms with E-state index in [0.29, 0.717) is 17.7 Å². The van der Waals surface area contributed by atoms with Crippen LogP contribution in [0.15, 0.2) is 18.2 Å². The van der Waals surface area contributed by atoms with Gasteiger partial charge >= 0.3 is 0 Å². The van der Waals surface area contributed by atoms with Gasteiger partial charge in [0.1, 0.15) is 0 Å². The van der Waals surface area contributed by atoms with Crippen molar-refractivity contribution in [2.75, 3.05) is 44.4 Å². The lowest BCUT2D eigenvalue weighted by molar-refractivity contribution is 0.0827. The quantitative estimate of drug-likeness (QED) is 0.758. The number of nitrogens with zero attached hydrogens (tertiary/aromatic N) is 2. The molecule has 0 atom stereocenters. The van der Waals surface area contributed by atoms with Gasteiger partial charge in [-0.05, 0) is 31.5 Å². The lowest BCUT2D eigenvalue weighted by atomic mass is 10.1. The van der Waals surface area contributed by atoms with E-state index < -0.39 is 0 Å². The molecule has 106 valence electrons. The largest absolute Gasteiger partial charge is 0.397 e. The summed E-state index contributed by atoms with van der Waals surface area (Å²) in [5.74, 6) is -0.0422. The van der Waals surface area contributed by atoms with Gasteiger partial charge in [-0.25, -0.2) is 0 Å². The van der Waals surface area contributed by atoms with E-state index in [2.05, 4.69) is 4.90 Å². The molecule has 0 heterocycles. The summed E-state index contributed by atoms with van der Waals surface area (Å²) in [4.78, 5) is 15.6. The van der Waals surface area contributed by atoms with Gasteiger partial charge in [0, 0.05) is 39.4 Å². The van der Waals surface area contributed by atoms with Crippen LogP contribution in [0.25, 0.3) is 0 Å². The summed E-state index contributed by atoms with van der Waals surface area (Å²) in [7, 11) is 3.45. The fourth-order valence-corrected chi connectivity index (χ4v) is 1.92. The second kappa shape index (κ2) is 6.99. The molecule has 0 bridgehead atoms. The Morgan fingerprint density at radius 3 is 2.58 bits per heavy atom. The van der Waals surface area contributed by atoms with Crippen LogP contribution in [0.1, 0.15) is 23.7 Å². The Hall–Kier alpha value is -1.75. The summed E-state index contributed by atoms with van der Waals surface area (Å²) >= 11 is 0. The van der Waals surface area contributed by atoms with E-state index in [1.807, 2.05) is 13.0 Å².